The zero-order chi connectivity index (χ0) is 17.2. The first-order chi connectivity index (χ1) is 12.2. The summed E-state index contributed by atoms with van der Waals surface area (Å²) >= 11 is 0. The van der Waals surface area contributed by atoms with E-state index in [2.05, 4.69) is 9.97 Å². The fourth-order valence-corrected chi connectivity index (χ4v) is 3.17. The fourth-order valence-electron chi connectivity index (χ4n) is 3.17. The molecule has 0 aliphatic carbocycles. The zero-order valence-corrected chi connectivity index (χ0v) is 14.1. The molecule has 0 N–H and O–H groups in total. The van der Waals surface area contributed by atoms with Crippen LogP contribution in [0.1, 0.15) is 22.5 Å². The van der Waals surface area contributed by atoms with E-state index in [1.165, 1.54) is 0 Å². The lowest BCUT2D eigenvalue weighted by molar-refractivity contribution is 0.0772. The Balaban J connectivity index is 1.47. The number of benzene rings is 1. The second kappa shape index (κ2) is 6.51. The van der Waals surface area contributed by atoms with Crippen LogP contribution in [0, 0.1) is 6.92 Å². The first-order valence-corrected chi connectivity index (χ1v) is 8.43. The van der Waals surface area contributed by atoms with E-state index in [1.807, 2.05) is 54.3 Å². The van der Waals surface area contributed by atoms with E-state index in [0.717, 1.165) is 28.8 Å². The highest BCUT2D eigenvalue weighted by Gasteiger charge is 2.28. The molecule has 0 radical (unpaired) electrons. The predicted octanol–water partition coefficient (Wildman–Crippen LogP) is 3.23. The molecule has 0 spiro atoms. The van der Waals surface area contributed by atoms with E-state index in [9.17, 15) is 4.79 Å². The molecule has 2 aromatic heterocycles. The Bertz CT molecular complexity index is 925. The largest absolute Gasteiger partial charge is 0.487 e. The molecule has 4 rings (SSSR count). The van der Waals surface area contributed by atoms with Crippen molar-refractivity contribution in [1.29, 1.82) is 0 Å². The summed E-state index contributed by atoms with van der Waals surface area (Å²) in [6.45, 7) is 3.22. The summed E-state index contributed by atoms with van der Waals surface area (Å²) in [6.07, 6.45) is 4.34. The highest BCUT2D eigenvalue weighted by molar-refractivity contribution is 5.98. The monoisotopic (exact) mass is 333 g/mol. The highest BCUT2D eigenvalue weighted by atomic mass is 16.5. The number of aryl methyl sites for hydroxylation is 1. The summed E-state index contributed by atoms with van der Waals surface area (Å²) < 4.78 is 6.03. The van der Waals surface area contributed by atoms with Gasteiger partial charge in [-0.1, -0.05) is 6.07 Å². The van der Waals surface area contributed by atoms with Crippen molar-refractivity contribution in [3.05, 3.63) is 66.1 Å². The fraction of sp³-hybridized carbons (Fsp3) is 0.250. The van der Waals surface area contributed by atoms with Crippen LogP contribution < -0.4 is 4.74 Å². The molecule has 1 saturated heterocycles. The van der Waals surface area contributed by atoms with Crippen LogP contribution in [0.4, 0.5) is 0 Å². The smallest absolute Gasteiger partial charge is 0.254 e. The average molecular weight is 333 g/mol. The van der Waals surface area contributed by atoms with Gasteiger partial charge >= 0.3 is 0 Å². The van der Waals surface area contributed by atoms with Gasteiger partial charge in [0.2, 0.25) is 0 Å². The quantitative estimate of drug-likeness (QED) is 0.738. The number of aromatic nitrogens is 2. The van der Waals surface area contributed by atoms with Crippen LogP contribution in [0.25, 0.3) is 10.9 Å². The molecular formula is C20H19N3O2. The van der Waals surface area contributed by atoms with Crippen LogP contribution in [0.15, 0.2) is 54.9 Å². The summed E-state index contributed by atoms with van der Waals surface area (Å²) in [5.41, 5.74) is 2.46. The van der Waals surface area contributed by atoms with Crippen LogP contribution in [-0.2, 0) is 0 Å². The van der Waals surface area contributed by atoms with Gasteiger partial charge in [-0.25, -0.2) is 0 Å². The molecule has 25 heavy (non-hydrogen) atoms. The van der Waals surface area contributed by atoms with Gasteiger partial charge < -0.3 is 9.64 Å². The third-order valence-electron chi connectivity index (χ3n) is 4.53. The van der Waals surface area contributed by atoms with Gasteiger partial charge in [-0.15, -0.1) is 0 Å². The zero-order valence-electron chi connectivity index (χ0n) is 14.1. The Hall–Kier alpha value is -2.95. The number of fused-ring (bicyclic) bond motifs is 1. The third-order valence-corrected chi connectivity index (χ3v) is 4.53. The van der Waals surface area contributed by atoms with Crippen LogP contribution in [0.5, 0.6) is 5.75 Å². The van der Waals surface area contributed by atoms with Crippen molar-refractivity contribution in [2.24, 2.45) is 0 Å². The minimum Gasteiger partial charge on any atom is -0.487 e. The lowest BCUT2D eigenvalue weighted by atomic mass is 10.1. The molecule has 1 aromatic carbocycles. The summed E-state index contributed by atoms with van der Waals surface area (Å²) in [7, 11) is 0. The molecule has 3 aromatic rings. The maximum absolute atomic E-state index is 12.8. The van der Waals surface area contributed by atoms with Gasteiger partial charge in [-0.3, -0.25) is 14.8 Å². The second-order valence-electron chi connectivity index (χ2n) is 6.28. The molecule has 1 fully saturated rings. The van der Waals surface area contributed by atoms with Crippen LogP contribution >= 0.6 is 0 Å². The minimum atomic E-state index is 0.00831. The lowest BCUT2D eigenvalue weighted by Crippen LogP contribution is -2.31. The number of hydrogen-bond acceptors (Lipinski definition) is 4. The summed E-state index contributed by atoms with van der Waals surface area (Å²) in [6, 6.07) is 13.3. The molecule has 1 amide bonds. The number of amides is 1. The van der Waals surface area contributed by atoms with Crippen molar-refractivity contribution >= 4 is 16.8 Å². The van der Waals surface area contributed by atoms with Crippen molar-refractivity contribution in [1.82, 2.24) is 14.9 Å². The predicted molar refractivity (Wildman–Crippen MR) is 95.7 cm³/mol. The first kappa shape index (κ1) is 15.6. The lowest BCUT2D eigenvalue weighted by Gasteiger charge is -2.18. The van der Waals surface area contributed by atoms with Gasteiger partial charge in [0.15, 0.2) is 0 Å². The molecule has 0 saturated carbocycles. The van der Waals surface area contributed by atoms with Crippen molar-refractivity contribution in [2.45, 2.75) is 19.4 Å². The molecule has 5 heteroatoms. The summed E-state index contributed by atoms with van der Waals surface area (Å²) in [5, 5.41) is 0.978. The summed E-state index contributed by atoms with van der Waals surface area (Å²) in [5.74, 6) is 0.832. The molecule has 1 aliphatic heterocycles. The first-order valence-electron chi connectivity index (χ1n) is 8.43. The molecular weight excluding hydrogens is 314 g/mol. The number of nitrogens with zero attached hydrogens (tertiary/aromatic N) is 3. The van der Waals surface area contributed by atoms with E-state index in [4.69, 9.17) is 4.74 Å². The van der Waals surface area contributed by atoms with Crippen molar-refractivity contribution in [3.63, 3.8) is 0 Å². The topological polar surface area (TPSA) is 55.3 Å². The van der Waals surface area contributed by atoms with Crippen molar-refractivity contribution in [3.8, 4) is 5.75 Å². The number of carbonyl (C=O) groups is 1. The maximum atomic E-state index is 12.8. The molecule has 1 aliphatic rings. The second-order valence-corrected chi connectivity index (χ2v) is 6.28. The number of rotatable bonds is 3. The van der Waals surface area contributed by atoms with E-state index < -0.39 is 0 Å². The number of hydrogen-bond donors (Lipinski definition) is 0. The normalized spacial score (nSPS) is 17.0. The van der Waals surface area contributed by atoms with Gasteiger partial charge in [0.1, 0.15) is 11.9 Å². The number of likely N-dealkylation sites (tertiary alicyclic amines) is 1. The van der Waals surface area contributed by atoms with Gasteiger partial charge in [-0.2, -0.15) is 0 Å². The van der Waals surface area contributed by atoms with Crippen LogP contribution in [0.3, 0.4) is 0 Å². The van der Waals surface area contributed by atoms with Crippen LogP contribution in [0.2, 0.25) is 0 Å². The minimum absolute atomic E-state index is 0.00831. The van der Waals surface area contributed by atoms with Gasteiger partial charge in [-0.05, 0) is 43.3 Å². The van der Waals surface area contributed by atoms with E-state index in [1.54, 1.807) is 12.4 Å². The van der Waals surface area contributed by atoms with Crippen LogP contribution in [-0.4, -0.2) is 40.0 Å². The molecule has 5 nitrogen and oxygen atoms in total. The Morgan fingerprint density at radius 2 is 2.00 bits per heavy atom. The number of pyridine rings is 2. The van der Waals surface area contributed by atoms with Gasteiger partial charge in [0, 0.05) is 36.3 Å². The van der Waals surface area contributed by atoms with Crippen molar-refractivity contribution in [2.75, 3.05) is 13.1 Å². The highest BCUT2D eigenvalue weighted by Crippen LogP contribution is 2.22. The SMILES string of the molecule is Cc1ncccc1OC1CCN(C(=O)c2ccc3ncccc3c2)C1. The van der Waals surface area contributed by atoms with E-state index in [-0.39, 0.29) is 12.0 Å². The molecule has 1 unspecified atom stereocenters. The Morgan fingerprint density at radius 1 is 1.16 bits per heavy atom. The Morgan fingerprint density at radius 3 is 2.88 bits per heavy atom. The maximum Gasteiger partial charge on any atom is 0.254 e. The van der Waals surface area contributed by atoms with E-state index >= 15 is 0 Å². The molecule has 0 bridgehead atoms. The Kier molecular flexibility index (Phi) is 4.06. The molecule has 1 atom stereocenters. The molecule has 3 heterocycles. The average Bonchev–Trinajstić information content (AvgIpc) is 3.11. The third kappa shape index (κ3) is 3.18. The van der Waals surface area contributed by atoms with Crippen molar-refractivity contribution < 1.29 is 9.53 Å². The standard InChI is InChI=1S/C20H19N3O2/c1-14-19(5-3-9-21-14)25-17-8-11-23(13-17)20(24)16-6-7-18-15(12-16)4-2-10-22-18/h2-7,9-10,12,17H,8,11,13H2,1H3. The molecule has 126 valence electrons. The number of carbonyl (C=O) groups excluding carboxylic acids is 1. The van der Waals surface area contributed by atoms with Gasteiger partial charge in [0.05, 0.1) is 17.8 Å². The summed E-state index contributed by atoms with van der Waals surface area (Å²) in [4.78, 5) is 23.2. The van der Waals surface area contributed by atoms with E-state index in [0.29, 0.717) is 18.7 Å². The number of ether oxygens (including phenoxy) is 1. The van der Waals surface area contributed by atoms with Gasteiger partial charge in [0.25, 0.3) is 5.91 Å². The Labute approximate surface area is 146 Å².